The van der Waals surface area contributed by atoms with E-state index in [2.05, 4.69) is 34.9 Å². The number of ether oxygens (including phenoxy) is 1. The van der Waals surface area contributed by atoms with Crippen molar-refractivity contribution in [2.75, 3.05) is 13.2 Å². The van der Waals surface area contributed by atoms with Gasteiger partial charge >= 0.3 is 12.1 Å². The molecule has 7 nitrogen and oxygen atoms in total. The molecule has 180 valence electrons. The normalized spacial score (nSPS) is 19.7. The molecule has 2 aromatic rings. The van der Waals surface area contributed by atoms with E-state index in [-0.39, 0.29) is 42.7 Å². The third-order valence-electron chi connectivity index (χ3n) is 7.08. The van der Waals surface area contributed by atoms with Gasteiger partial charge in [0, 0.05) is 24.9 Å². The largest absolute Gasteiger partial charge is 0.481 e. The summed E-state index contributed by atoms with van der Waals surface area (Å²) in [5, 5.41) is 14.9. The van der Waals surface area contributed by atoms with Crippen LogP contribution in [-0.2, 0) is 14.3 Å². The highest BCUT2D eigenvalue weighted by Gasteiger charge is 2.31. The molecular formula is C27H32N2O5. The molecule has 1 fully saturated rings. The number of carbonyl (C=O) groups excluding carboxylic acids is 2. The molecule has 1 unspecified atom stereocenters. The Morgan fingerprint density at radius 3 is 2.26 bits per heavy atom. The monoisotopic (exact) mass is 464 g/mol. The number of carboxylic acid groups (broad SMARTS) is 1. The summed E-state index contributed by atoms with van der Waals surface area (Å²) in [6, 6.07) is 16.3. The summed E-state index contributed by atoms with van der Waals surface area (Å²) in [6.45, 7) is 2.58. The first-order valence-corrected chi connectivity index (χ1v) is 12.1. The molecule has 2 aliphatic rings. The Morgan fingerprint density at radius 1 is 1.03 bits per heavy atom. The first-order chi connectivity index (χ1) is 16.5. The van der Waals surface area contributed by atoms with Crippen molar-refractivity contribution in [3.8, 4) is 11.1 Å². The van der Waals surface area contributed by atoms with E-state index in [4.69, 9.17) is 9.84 Å². The van der Waals surface area contributed by atoms with Crippen molar-refractivity contribution < 1.29 is 24.2 Å². The number of hydrogen-bond acceptors (Lipinski definition) is 4. The van der Waals surface area contributed by atoms with Gasteiger partial charge in [0.05, 0.1) is 5.92 Å². The topological polar surface area (TPSA) is 105 Å². The Kier molecular flexibility index (Phi) is 7.50. The van der Waals surface area contributed by atoms with E-state index < -0.39 is 12.1 Å². The lowest BCUT2D eigenvalue weighted by Gasteiger charge is -2.19. The van der Waals surface area contributed by atoms with Gasteiger partial charge in [-0.3, -0.25) is 9.59 Å². The molecule has 34 heavy (non-hydrogen) atoms. The van der Waals surface area contributed by atoms with Crippen LogP contribution >= 0.6 is 0 Å². The zero-order valence-electron chi connectivity index (χ0n) is 19.5. The van der Waals surface area contributed by atoms with E-state index in [9.17, 15) is 14.4 Å². The highest BCUT2D eigenvalue weighted by Crippen LogP contribution is 2.44. The molecule has 0 aliphatic heterocycles. The molecule has 0 bridgehead atoms. The molecule has 3 atom stereocenters. The molecule has 3 N–H and O–H groups in total. The molecule has 1 saturated carbocycles. The molecule has 2 aromatic carbocycles. The summed E-state index contributed by atoms with van der Waals surface area (Å²) in [4.78, 5) is 35.9. The van der Waals surface area contributed by atoms with Gasteiger partial charge < -0.3 is 20.5 Å². The van der Waals surface area contributed by atoms with Crippen molar-refractivity contribution in [3.63, 3.8) is 0 Å². The van der Waals surface area contributed by atoms with Gasteiger partial charge in [0.25, 0.3) is 0 Å². The minimum absolute atomic E-state index is 0.00643. The molecule has 2 aliphatic carbocycles. The van der Waals surface area contributed by atoms with Crippen LogP contribution in [-0.4, -0.2) is 42.3 Å². The van der Waals surface area contributed by atoms with E-state index >= 15 is 0 Å². The SMILES string of the molecule is CCC(CNC(=O)OCC1c2ccccc2-c2ccccc21)CC(=O)N[C@H]1CC[C@@H](C(=O)O)C1. The van der Waals surface area contributed by atoms with Crippen molar-refractivity contribution >= 4 is 18.0 Å². The summed E-state index contributed by atoms with van der Waals surface area (Å²) in [6.07, 6.45) is 2.31. The van der Waals surface area contributed by atoms with Crippen LogP contribution in [0.4, 0.5) is 4.79 Å². The summed E-state index contributed by atoms with van der Waals surface area (Å²) in [5.74, 6) is -1.28. The van der Waals surface area contributed by atoms with Crippen LogP contribution in [0.15, 0.2) is 48.5 Å². The Bertz CT molecular complexity index is 1010. The third kappa shape index (κ3) is 5.41. The van der Waals surface area contributed by atoms with E-state index in [1.165, 1.54) is 11.1 Å². The maximum atomic E-state index is 12.4. The predicted octanol–water partition coefficient (Wildman–Crippen LogP) is 4.31. The molecular weight excluding hydrogens is 432 g/mol. The number of carbonyl (C=O) groups is 3. The fourth-order valence-electron chi connectivity index (χ4n) is 5.12. The number of alkyl carbamates (subject to hydrolysis) is 1. The van der Waals surface area contributed by atoms with Gasteiger partial charge in [-0.2, -0.15) is 0 Å². The highest BCUT2D eigenvalue weighted by molar-refractivity contribution is 5.79. The van der Waals surface area contributed by atoms with Crippen LogP contribution < -0.4 is 10.6 Å². The van der Waals surface area contributed by atoms with Crippen molar-refractivity contribution in [2.45, 2.75) is 51.0 Å². The molecule has 0 saturated heterocycles. The molecule has 7 heteroatoms. The number of hydrogen-bond donors (Lipinski definition) is 3. The summed E-state index contributed by atoms with van der Waals surface area (Å²) in [7, 11) is 0. The quantitative estimate of drug-likeness (QED) is 0.513. The Balaban J connectivity index is 1.24. The third-order valence-corrected chi connectivity index (χ3v) is 7.08. The standard InChI is InChI=1S/C27H32N2O5/c1-2-17(13-25(30)29-19-12-11-18(14-19)26(31)32)15-28-27(33)34-16-24-22-9-5-3-7-20(22)21-8-4-6-10-23(21)24/h3-10,17-19,24H,2,11-16H2,1H3,(H,28,33)(H,29,30)(H,31,32)/t17?,18-,19+/m1/s1. The highest BCUT2D eigenvalue weighted by atomic mass is 16.5. The number of rotatable bonds is 9. The molecule has 0 heterocycles. The predicted molar refractivity (Wildman–Crippen MR) is 128 cm³/mol. The summed E-state index contributed by atoms with van der Waals surface area (Å²) >= 11 is 0. The van der Waals surface area contributed by atoms with Gasteiger partial charge in [-0.15, -0.1) is 0 Å². The second-order valence-corrected chi connectivity index (χ2v) is 9.30. The van der Waals surface area contributed by atoms with Gasteiger partial charge in [0.15, 0.2) is 0 Å². The van der Waals surface area contributed by atoms with Crippen LogP contribution in [0.25, 0.3) is 11.1 Å². The Labute approximate surface area is 199 Å². The number of benzene rings is 2. The van der Waals surface area contributed by atoms with Gasteiger partial charge in [-0.25, -0.2) is 4.79 Å². The lowest BCUT2D eigenvalue weighted by molar-refractivity contribution is -0.141. The first kappa shape index (κ1) is 23.8. The van der Waals surface area contributed by atoms with Crippen molar-refractivity contribution in [1.82, 2.24) is 10.6 Å². The van der Waals surface area contributed by atoms with Crippen LogP contribution in [0.3, 0.4) is 0 Å². The number of aliphatic carboxylic acids is 1. The van der Waals surface area contributed by atoms with Crippen LogP contribution in [0.1, 0.15) is 56.1 Å². The fraction of sp³-hybridized carbons (Fsp3) is 0.444. The molecule has 4 rings (SSSR count). The number of carboxylic acids is 1. The first-order valence-electron chi connectivity index (χ1n) is 12.1. The number of fused-ring (bicyclic) bond motifs is 3. The summed E-state index contributed by atoms with van der Waals surface area (Å²) < 4.78 is 5.58. The Hall–Kier alpha value is -3.35. The smallest absolute Gasteiger partial charge is 0.407 e. The zero-order valence-corrected chi connectivity index (χ0v) is 19.5. The molecule has 0 spiro atoms. The average Bonchev–Trinajstić information content (AvgIpc) is 3.43. The van der Waals surface area contributed by atoms with E-state index in [0.717, 1.165) is 17.5 Å². The van der Waals surface area contributed by atoms with E-state index in [0.29, 0.717) is 25.8 Å². The fourth-order valence-corrected chi connectivity index (χ4v) is 5.12. The van der Waals surface area contributed by atoms with E-state index in [1.807, 2.05) is 31.2 Å². The second-order valence-electron chi connectivity index (χ2n) is 9.30. The minimum atomic E-state index is -0.796. The van der Waals surface area contributed by atoms with Crippen molar-refractivity contribution in [2.24, 2.45) is 11.8 Å². The van der Waals surface area contributed by atoms with Gasteiger partial charge in [0.2, 0.25) is 5.91 Å². The molecule has 0 aromatic heterocycles. The van der Waals surface area contributed by atoms with Crippen LogP contribution in [0.5, 0.6) is 0 Å². The number of nitrogens with one attached hydrogen (secondary N) is 2. The molecule has 0 radical (unpaired) electrons. The maximum Gasteiger partial charge on any atom is 0.407 e. The van der Waals surface area contributed by atoms with E-state index in [1.54, 1.807) is 0 Å². The second kappa shape index (κ2) is 10.7. The minimum Gasteiger partial charge on any atom is -0.481 e. The van der Waals surface area contributed by atoms with Gasteiger partial charge in [0.1, 0.15) is 6.61 Å². The maximum absolute atomic E-state index is 12.4. The number of amides is 2. The Morgan fingerprint density at radius 2 is 1.68 bits per heavy atom. The van der Waals surface area contributed by atoms with Crippen molar-refractivity contribution in [3.05, 3.63) is 59.7 Å². The van der Waals surface area contributed by atoms with Crippen LogP contribution in [0, 0.1) is 11.8 Å². The molecule has 2 amide bonds. The lowest BCUT2D eigenvalue weighted by Crippen LogP contribution is -2.37. The van der Waals surface area contributed by atoms with Crippen LogP contribution in [0.2, 0.25) is 0 Å². The van der Waals surface area contributed by atoms with Crippen molar-refractivity contribution in [1.29, 1.82) is 0 Å². The van der Waals surface area contributed by atoms with Gasteiger partial charge in [-0.05, 0) is 47.4 Å². The van der Waals surface area contributed by atoms with Gasteiger partial charge in [-0.1, -0.05) is 61.9 Å². The lowest BCUT2D eigenvalue weighted by atomic mass is 9.98. The average molecular weight is 465 g/mol. The summed E-state index contributed by atoms with van der Waals surface area (Å²) in [5.41, 5.74) is 4.69. The zero-order chi connectivity index (χ0) is 24.1.